The molecular weight excluding hydrogens is 214 g/mol. The van der Waals surface area contributed by atoms with Gasteiger partial charge in [0, 0.05) is 31.4 Å². The summed E-state index contributed by atoms with van der Waals surface area (Å²) in [7, 11) is 4.03. The maximum atomic E-state index is 9.12. The van der Waals surface area contributed by atoms with Gasteiger partial charge in [0.2, 0.25) is 0 Å². The largest absolute Gasteiger partial charge is 0.308 e. The number of aryl methyl sites for hydroxylation is 1. The molecule has 5 heteroatoms. The third kappa shape index (κ3) is 4.55. The van der Waals surface area contributed by atoms with Crippen LogP contribution < -0.4 is 5.32 Å². The second kappa shape index (κ2) is 7.05. The van der Waals surface area contributed by atoms with Crippen LogP contribution in [-0.4, -0.2) is 41.9 Å². The lowest BCUT2D eigenvalue weighted by Gasteiger charge is -2.13. The van der Waals surface area contributed by atoms with Crippen molar-refractivity contribution in [1.82, 2.24) is 20.0 Å². The van der Waals surface area contributed by atoms with Crippen LogP contribution in [0, 0.1) is 11.3 Å². The average Bonchev–Trinajstić information content (AvgIpc) is 2.73. The number of hydrogen-bond donors (Lipinski definition) is 1. The fourth-order valence-electron chi connectivity index (χ4n) is 1.55. The molecule has 0 aliphatic carbocycles. The Morgan fingerprint density at radius 1 is 1.59 bits per heavy atom. The third-order valence-electron chi connectivity index (χ3n) is 2.48. The first-order valence-electron chi connectivity index (χ1n) is 5.97. The predicted molar refractivity (Wildman–Crippen MR) is 67.4 cm³/mol. The molecule has 1 rings (SSSR count). The number of nitrogens with zero attached hydrogens (tertiary/aromatic N) is 4. The van der Waals surface area contributed by atoms with Crippen molar-refractivity contribution in [2.24, 2.45) is 0 Å². The number of nitriles is 1. The van der Waals surface area contributed by atoms with E-state index in [9.17, 15) is 0 Å². The molecule has 0 radical (unpaired) electrons. The van der Waals surface area contributed by atoms with E-state index in [1.807, 2.05) is 25.0 Å². The summed E-state index contributed by atoms with van der Waals surface area (Å²) in [5.41, 5.74) is 0.944. The van der Waals surface area contributed by atoms with E-state index in [4.69, 9.17) is 5.26 Å². The second-order valence-corrected chi connectivity index (χ2v) is 4.36. The highest BCUT2D eigenvalue weighted by molar-refractivity contribution is 5.17. The minimum absolute atomic E-state index is 0.263. The Labute approximate surface area is 103 Å². The quantitative estimate of drug-likeness (QED) is 0.766. The first-order chi connectivity index (χ1) is 8.17. The molecule has 1 unspecified atom stereocenters. The molecule has 0 saturated heterocycles. The Balaban J connectivity index is 2.51. The Morgan fingerprint density at radius 3 is 2.94 bits per heavy atom. The number of aromatic nitrogens is 2. The summed E-state index contributed by atoms with van der Waals surface area (Å²) in [4.78, 5) is 2.09. The van der Waals surface area contributed by atoms with Crippen molar-refractivity contribution in [3.8, 4) is 6.07 Å². The summed E-state index contributed by atoms with van der Waals surface area (Å²) < 4.78 is 1.88. The van der Waals surface area contributed by atoms with E-state index >= 15 is 0 Å². The maximum absolute atomic E-state index is 9.12. The molecule has 1 N–H and O–H groups in total. The molecule has 1 aromatic heterocycles. The summed E-state index contributed by atoms with van der Waals surface area (Å²) in [5, 5.41) is 16.6. The van der Waals surface area contributed by atoms with Gasteiger partial charge >= 0.3 is 0 Å². The van der Waals surface area contributed by atoms with E-state index < -0.39 is 0 Å². The van der Waals surface area contributed by atoms with E-state index in [2.05, 4.69) is 28.3 Å². The van der Waals surface area contributed by atoms with Gasteiger partial charge in [0.15, 0.2) is 0 Å². The highest BCUT2D eigenvalue weighted by atomic mass is 15.3. The molecule has 0 aliphatic rings. The zero-order valence-electron chi connectivity index (χ0n) is 10.8. The van der Waals surface area contributed by atoms with Gasteiger partial charge in [0.05, 0.1) is 12.3 Å². The molecule has 0 aliphatic heterocycles. The lowest BCUT2D eigenvalue weighted by atomic mass is 10.2. The molecule has 0 saturated carbocycles. The maximum Gasteiger partial charge on any atom is 0.124 e. The minimum atomic E-state index is -0.263. The number of likely N-dealkylation sites (N-methyl/N-ethyl adjacent to an activating group) is 1. The fourth-order valence-corrected chi connectivity index (χ4v) is 1.55. The number of hydrogen-bond acceptors (Lipinski definition) is 4. The summed E-state index contributed by atoms with van der Waals surface area (Å²) in [6.07, 6.45) is 4.76. The van der Waals surface area contributed by atoms with Crippen LogP contribution in [0.5, 0.6) is 0 Å². The molecule has 0 amide bonds. The van der Waals surface area contributed by atoms with Gasteiger partial charge in [-0.1, -0.05) is 6.92 Å². The lowest BCUT2D eigenvalue weighted by molar-refractivity contribution is 0.395. The molecular formula is C12H21N5. The Hall–Kier alpha value is -1.38. The fraction of sp³-hybridized carbons (Fsp3) is 0.667. The SMILES string of the molecule is CCCn1cc(C(C#N)NCCN(C)C)cn1. The minimum Gasteiger partial charge on any atom is -0.308 e. The Kier molecular flexibility index (Phi) is 5.67. The van der Waals surface area contributed by atoms with Gasteiger partial charge in [-0.3, -0.25) is 10.00 Å². The van der Waals surface area contributed by atoms with Crippen molar-refractivity contribution in [3.05, 3.63) is 18.0 Å². The van der Waals surface area contributed by atoms with E-state index in [0.717, 1.165) is 31.6 Å². The predicted octanol–water partition coefficient (Wildman–Crippen LogP) is 1.01. The van der Waals surface area contributed by atoms with Crippen molar-refractivity contribution < 1.29 is 0 Å². The van der Waals surface area contributed by atoms with Crippen LogP contribution in [0.15, 0.2) is 12.4 Å². The van der Waals surface area contributed by atoms with Gasteiger partial charge in [-0.2, -0.15) is 10.4 Å². The van der Waals surface area contributed by atoms with Crippen LogP contribution in [-0.2, 0) is 6.54 Å². The summed E-state index contributed by atoms with van der Waals surface area (Å²) in [6, 6.07) is 2.00. The molecule has 0 aromatic carbocycles. The van der Waals surface area contributed by atoms with Gasteiger partial charge in [-0.15, -0.1) is 0 Å². The first kappa shape index (κ1) is 13.7. The van der Waals surface area contributed by atoms with Crippen molar-refractivity contribution in [3.63, 3.8) is 0 Å². The molecule has 94 valence electrons. The van der Waals surface area contributed by atoms with Crippen LogP contribution in [0.4, 0.5) is 0 Å². The topological polar surface area (TPSA) is 56.9 Å². The van der Waals surface area contributed by atoms with Crippen LogP contribution in [0.1, 0.15) is 24.9 Å². The highest BCUT2D eigenvalue weighted by Gasteiger charge is 2.11. The van der Waals surface area contributed by atoms with Crippen molar-refractivity contribution in [1.29, 1.82) is 5.26 Å². The Bertz CT molecular complexity index is 363. The van der Waals surface area contributed by atoms with E-state index in [0.29, 0.717) is 0 Å². The van der Waals surface area contributed by atoms with E-state index in [1.165, 1.54) is 0 Å². The zero-order chi connectivity index (χ0) is 12.7. The summed E-state index contributed by atoms with van der Waals surface area (Å²) in [5.74, 6) is 0. The molecule has 1 heterocycles. The second-order valence-electron chi connectivity index (χ2n) is 4.36. The van der Waals surface area contributed by atoms with E-state index in [-0.39, 0.29) is 6.04 Å². The van der Waals surface area contributed by atoms with Gasteiger partial charge in [0.1, 0.15) is 6.04 Å². The average molecular weight is 235 g/mol. The number of rotatable bonds is 7. The zero-order valence-corrected chi connectivity index (χ0v) is 10.8. The molecule has 17 heavy (non-hydrogen) atoms. The normalized spacial score (nSPS) is 12.6. The summed E-state index contributed by atoms with van der Waals surface area (Å²) >= 11 is 0. The lowest BCUT2D eigenvalue weighted by Crippen LogP contribution is -2.29. The highest BCUT2D eigenvalue weighted by Crippen LogP contribution is 2.10. The molecule has 0 fully saturated rings. The van der Waals surface area contributed by atoms with Crippen molar-refractivity contribution in [2.75, 3.05) is 27.2 Å². The van der Waals surface area contributed by atoms with E-state index in [1.54, 1.807) is 6.20 Å². The Morgan fingerprint density at radius 2 is 2.35 bits per heavy atom. The third-order valence-corrected chi connectivity index (χ3v) is 2.48. The van der Waals surface area contributed by atoms with Crippen LogP contribution >= 0.6 is 0 Å². The molecule has 0 spiro atoms. The van der Waals surface area contributed by atoms with Gasteiger partial charge in [-0.25, -0.2) is 0 Å². The van der Waals surface area contributed by atoms with Gasteiger partial charge in [-0.05, 0) is 20.5 Å². The first-order valence-corrected chi connectivity index (χ1v) is 5.97. The van der Waals surface area contributed by atoms with Crippen LogP contribution in [0.25, 0.3) is 0 Å². The number of nitrogens with one attached hydrogen (secondary N) is 1. The molecule has 1 atom stereocenters. The molecule has 1 aromatic rings. The van der Waals surface area contributed by atoms with Crippen LogP contribution in [0.3, 0.4) is 0 Å². The summed E-state index contributed by atoms with van der Waals surface area (Å²) in [6.45, 7) is 4.72. The standard InChI is InChI=1S/C12H21N5/c1-4-6-17-10-11(9-15-17)12(8-13)14-5-7-16(2)3/h9-10,12,14H,4-7H2,1-3H3. The van der Waals surface area contributed by atoms with Crippen molar-refractivity contribution in [2.45, 2.75) is 25.9 Å². The van der Waals surface area contributed by atoms with Crippen LogP contribution in [0.2, 0.25) is 0 Å². The molecule has 5 nitrogen and oxygen atoms in total. The van der Waals surface area contributed by atoms with Gasteiger partial charge in [0.25, 0.3) is 0 Å². The monoisotopic (exact) mass is 235 g/mol. The smallest absolute Gasteiger partial charge is 0.124 e. The molecule has 0 bridgehead atoms. The van der Waals surface area contributed by atoms with Crippen molar-refractivity contribution >= 4 is 0 Å². The van der Waals surface area contributed by atoms with Gasteiger partial charge < -0.3 is 4.90 Å².